The third-order valence-corrected chi connectivity index (χ3v) is 3.33. The Bertz CT molecular complexity index is 460. The predicted octanol–water partition coefficient (Wildman–Crippen LogP) is 2.75. The molecule has 0 saturated carbocycles. The molecule has 0 bridgehead atoms. The number of aliphatic hydroxyl groups excluding tert-OH is 1. The van der Waals surface area contributed by atoms with Crippen LogP contribution >= 0.6 is 15.9 Å². The molecule has 0 aromatic heterocycles. The van der Waals surface area contributed by atoms with E-state index in [2.05, 4.69) is 15.9 Å². The zero-order chi connectivity index (χ0) is 12.4. The normalized spacial score (nSPS) is 20.2. The van der Waals surface area contributed by atoms with Crippen LogP contribution in [0.4, 0.5) is 8.78 Å². The molecular formula is C12H11BrF2O2. The van der Waals surface area contributed by atoms with Crippen molar-refractivity contribution in [2.24, 2.45) is 5.92 Å². The lowest BCUT2D eigenvalue weighted by molar-refractivity contribution is 0.103. The highest BCUT2D eigenvalue weighted by molar-refractivity contribution is 9.10. The second-order valence-corrected chi connectivity index (χ2v) is 4.68. The Labute approximate surface area is 106 Å². The Balaban J connectivity index is 2.45. The average Bonchev–Trinajstić information content (AvgIpc) is 2.34. The van der Waals surface area contributed by atoms with Crippen LogP contribution in [0.2, 0.25) is 0 Å². The highest BCUT2D eigenvalue weighted by atomic mass is 79.9. The van der Waals surface area contributed by atoms with Gasteiger partial charge in [0.2, 0.25) is 0 Å². The van der Waals surface area contributed by atoms with Crippen molar-refractivity contribution in [3.05, 3.63) is 39.9 Å². The molecule has 2 nitrogen and oxygen atoms in total. The van der Waals surface area contributed by atoms with Crippen molar-refractivity contribution in [1.82, 2.24) is 0 Å². The van der Waals surface area contributed by atoms with Crippen molar-refractivity contribution in [1.29, 1.82) is 0 Å². The van der Waals surface area contributed by atoms with Crippen LogP contribution in [-0.4, -0.2) is 24.9 Å². The van der Waals surface area contributed by atoms with Crippen molar-refractivity contribution in [2.75, 3.05) is 19.8 Å². The van der Waals surface area contributed by atoms with Gasteiger partial charge in [-0.2, -0.15) is 0 Å². The molecule has 1 aliphatic rings. The Hall–Kier alpha value is -0.780. The van der Waals surface area contributed by atoms with Crippen molar-refractivity contribution in [3.8, 4) is 0 Å². The van der Waals surface area contributed by atoms with Gasteiger partial charge in [0.1, 0.15) is 11.6 Å². The number of hydrogen-bond acceptors (Lipinski definition) is 2. The molecule has 17 heavy (non-hydrogen) atoms. The van der Waals surface area contributed by atoms with Crippen LogP contribution in [0.3, 0.4) is 0 Å². The molecule has 1 heterocycles. The van der Waals surface area contributed by atoms with Crippen LogP contribution in [-0.2, 0) is 4.74 Å². The van der Waals surface area contributed by atoms with Gasteiger partial charge in [0.15, 0.2) is 0 Å². The summed E-state index contributed by atoms with van der Waals surface area (Å²) in [5.41, 5.74) is 0.970. The van der Waals surface area contributed by atoms with Crippen molar-refractivity contribution in [3.63, 3.8) is 0 Å². The van der Waals surface area contributed by atoms with E-state index >= 15 is 0 Å². The monoisotopic (exact) mass is 304 g/mol. The van der Waals surface area contributed by atoms with Crippen molar-refractivity contribution < 1.29 is 18.6 Å². The van der Waals surface area contributed by atoms with Crippen LogP contribution in [0.15, 0.2) is 22.7 Å². The first-order valence-electron chi connectivity index (χ1n) is 5.17. The second-order valence-electron chi connectivity index (χ2n) is 3.82. The topological polar surface area (TPSA) is 29.5 Å². The summed E-state index contributed by atoms with van der Waals surface area (Å²) in [7, 11) is 0. The van der Waals surface area contributed by atoms with Gasteiger partial charge in [-0.25, -0.2) is 8.78 Å². The van der Waals surface area contributed by atoms with E-state index in [9.17, 15) is 13.9 Å². The quantitative estimate of drug-likeness (QED) is 0.851. The third kappa shape index (κ3) is 2.56. The number of aliphatic hydroxyl groups is 1. The van der Waals surface area contributed by atoms with E-state index in [0.29, 0.717) is 24.4 Å². The summed E-state index contributed by atoms with van der Waals surface area (Å²) in [5, 5.41) is 9.21. The van der Waals surface area contributed by atoms with Crippen LogP contribution in [0.1, 0.15) is 5.56 Å². The molecule has 1 aromatic carbocycles. The lowest BCUT2D eigenvalue weighted by Crippen LogP contribution is -2.21. The molecule has 1 unspecified atom stereocenters. The lowest BCUT2D eigenvalue weighted by Gasteiger charge is -2.23. The first-order chi connectivity index (χ1) is 8.13. The van der Waals surface area contributed by atoms with Gasteiger partial charge in [-0.15, -0.1) is 0 Å². The molecular weight excluding hydrogens is 294 g/mol. The predicted molar refractivity (Wildman–Crippen MR) is 63.4 cm³/mol. The molecule has 1 aliphatic heterocycles. The van der Waals surface area contributed by atoms with E-state index in [4.69, 9.17) is 4.74 Å². The van der Waals surface area contributed by atoms with E-state index in [1.165, 1.54) is 6.07 Å². The molecule has 0 amide bonds. The summed E-state index contributed by atoms with van der Waals surface area (Å²) < 4.78 is 32.2. The molecule has 0 saturated heterocycles. The van der Waals surface area contributed by atoms with E-state index < -0.39 is 11.6 Å². The molecule has 1 aromatic rings. The van der Waals surface area contributed by atoms with Gasteiger partial charge in [-0.3, -0.25) is 0 Å². The maximum atomic E-state index is 13.7. The Morgan fingerprint density at radius 3 is 2.82 bits per heavy atom. The number of rotatable bonds is 2. The van der Waals surface area contributed by atoms with Crippen LogP contribution in [0, 0.1) is 17.6 Å². The molecule has 92 valence electrons. The number of halogens is 3. The minimum atomic E-state index is -0.639. The van der Waals surface area contributed by atoms with Gasteiger partial charge in [0, 0.05) is 17.5 Å². The first-order valence-corrected chi connectivity index (χ1v) is 5.96. The SMILES string of the molecule is OCC1COCC=C1c1cc(Br)c(F)cc1F. The number of ether oxygens (including phenoxy) is 1. The molecule has 0 radical (unpaired) electrons. The highest BCUT2D eigenvalue weighted by Gasteiger charge is 2.22. The van der Waals surface area contributed by atoms with Gasteiger partial charge in [-0.05, 0) is 27.6 Å². The second kappa shape index (κ2) is 5.25. The van der Waals surface area contributed by atoms with E-state index in [-0.39, 0.29) is 17.0 Å². The number of hydrogen-bond donors (Lipinski definition) is 1. The zero-order valence-electron chi connectivity index (χ0n) is 8.92. The molecule has 1 N–H and O–H groups in total. The van der Waals surface area contributed by atoms with Crippen LogP contribution in [0.25, 0.3) is 5.57 Å². The lowest BCUT2D eigenvalue weighted by atomic mass is 9.91. The van der Waals surface area contributed by atoms with Gasteiger partial charge >= 0.3 is 0 Å². The fourth-order valence-corrected chi connectivity index (χ4v) is 2.18. The summed E-state index contributed by atoms with van der Waals surface area (Å²) in [5.74, 6) is -1.53. The van der Waals surface area contributed by atoms with Gasteiger partial charge in [0.25, 0.3) is 0 Å². The average molecular weight is 305 g/mol. The fourth-order valence-electron chi connectivity index (χ4n) is 1.84. The molecule has 2 rings (SSSR count). The maximum absolute atomic E-state index is 13.7. The van der Waals surface area contributed by atoms with E-state index in [1.807, 2.05) is 0 Å². The van der Waals surface area contributed by atoms with Crippen LogP contribution in [0.5, 0.6) is 0 Å². The minimum absolute atomic E-state index is 0.125. The van der Waals surface area contributed by atoms with Crippen molar-refractivity contribution in [2.45, 2.75) is 0 Å². The standard InChI is InChI=1S/C12H11BrF2O2/c13-10-3-9(11(14)4-12(10)15)8-1-2-17-6-7(8)5-16/h1,3-4,7,16H,2,5-6H2. The summed E-state index contributed by atoms with van der Waals surface area (Å²) >= 11 is 3.03. The molecule has 0 fully saturated rings. The Kier molecular flexibility index (Phi) is 3.91. The summed E-state index contributed by atoms with van der Waals surface area (Å²) in [6.07, 6.45) is 1.72. The third-order valence-electron chi connectivity index (χ3n) is 2.72. The Morgan fingerprint density at radius 2 is 2.12 bits per heavy atom. The summed E-state index contributed by atoms with van der Waals surface area (Å²) in [4.78, 5) is 0. The summed E-state index contributed by atoms with van der Waals surface area (Å²) in [6, 6.07) is 2.23. The molecule has 0 spiro atoms. The van der Waals surface area contributed by atoms with Gasteiger partial charge < -0.3 is 9.84 Å². The largest absolute Gasteiger partial charge is 0.396 e. The van der Waals surface area contributed by atoms with Gasteiger partial charge in [0.05, 0.1) is 24.3 Å². The number of benzene rings is 1. The first kappa shape index (κ1) is 12.7. The van der Waals surface area contributed by atoms with E-state index in [0.717, 1.165) is 6.07 Å². The maximum Gasteiger partial charge on any atom is 0.140 e. The fraction of sp³-hybridized carbons (Fsp3) is 0.333. The Morgan fingerprint density at radius 1 is 1.35 bits per heavy atom. The smallest absolute Gasteiger partial charge is 0.140 e. The van der Waals surface area contributed by atoms with Crippen LogP contribution < -0.4 is 0 Å². The minimum Gasteiger partial charge on any atom is -0.396 e. The highest BCUT2D eigenvalue weighted by Crippen LogP contribution is 2.31. The molecule has 1 atom stereocenters. The van der Waals surface area contributed by atoms with E-state index in [1.54, 1.807) is 6.08 Å². The summed E-state index contributed by atoms with van der Waals surface area (Å²) in [6.45, 7) is 0.595. The molecule has 5 heteroatoms. The van der Waals surface area contributed by atoms with Crippen molar-refractivity contribution >= 4 is 21.5 Å². The van der Waals surface area contributed by atoms with Gasteiger partial charge in [-0.1, -0.05) is 6.08 Å². The molecule has 0 aliphatic carbocycles. The zero-order valence-corrected chi connectivity index (χ0v) is 10.5.